The highest BCUT2D eigenvalue weighted by Crippen LogP contribution is 2.36. The van der Waals surface area contributed by atoms with Crippen molar-refractivity contribution in [2.24, 2.45) is 5.92 Å². The van der Waals surface area contributed by atoms with Gasteiger partial charge in [-0.2, -0.15) is 0 Å². The van der Waals surface area contributed by atoms with Crippen molar-refractivity contribution in [1.29, 1.82) is 0 Å². The summed E-state index contributed by atoms with van der Waals surface area (Å²) in [7, 11) is 0. The van der Waals surface area contributed by atoms with Crippen LogP contribution in [0, 0.1) is 5.92 Å². The second-order valence-electron chi connectivity index (χ2n) is 6.08. The largest absolute Gasteiger partial charge is 0.302 e. The number of carbonyl (C=O) groups is 1. The molecule has 1 fully saturated rings. The smallest absolute Gasteiger partial charge is 0.139 e. The van der Waals surface area contributed by atoms with E-state index in [0.29, 0.717) is 12.2 Å². The van der Waals surface area contributed by atoms with Crippen LogP contribution in [-0.2, 0) is 4.79 Å². The van der Waals surface area contributed by atoms with Crippen molar-refractivity contribution < 1.29 is 4.79 Å². The number of Topliss-reactive ketones (excluding diaryl/α,β-unsaturated/α-hetero) is 1. The molecular formula is C20H23NO. The summed E-state index contributed by atoms with van der Waals surface area (Å²) in [4.78, 5) is 12.7. The van der Waals surface area contributed by atoms with Crippen molar-refractivity contribution >= 4 is 5.78 Å². The van der Waals surface area contributed by atoms with Gasteiger partial charge in [0.25, 0.3) is 0 Å². The SMILES string of the molecule is CCC[C@H]1C(=O)C[C@@H](c2ccccc2)N[C@H]1c1ccccc1. The molecule has 1 heterocycles. The zero-order valence-corrected chi connectivity index (χ0v) is 13.0. The van der Waals surface area contributed by atoms with Gasteiger partial charge in [-0.1, -0.05) is 74.0 Å². The van der Waals surface area contributed by atoms with E-state index in [1.165, 1.54) is 11.1 Å². The summed E-state index contributed by atoms with van der Waals surface area (Å²) in [5.41, 5.74) is 2.42. The van der Waals surface area contributed by atoms with Gasteiger partial charge in [-0.15, -0.1) is 0 Å². The Hall–Kier alpha value is -1.93. The van der Waals surface area contributed by atoms with Gasteiger partial charge in [0.05, 0.1) is 0 Å². The van der Waals surface area contributed by atoms with Crippen LogP contribution in [0.1, 0.15) is 49.4 Å². The van der Waals surface area contributed by atoms with Gasteiger partial charge in [-0.25, -0.2) is 0 Å². The van der Waals surface area contributed by atoms with E-state index in [0.717, 1.165) is 12.8 Å². The molecule has 1 aliphatic rings. The summed E-state index contributed by atoms with van der Waals surface area (Å²) in [6.45, 7) is 2.15. The molecule has 0 aromatic heterocycles. The van der Waals surface area contributed by atoms with E-state index < -0.39 is 0 Å². The number of nitrogens with one attached hydrogen (secondary N) is 1. The minimum atomic E-state index is 0.0902. The normalized spacial score (nSPS) is 25.1. The lowest BCUT2D eigenvalue weighted by atomic mass is 9.79. The van der Waals surface area contributed by atoms with E-state index >= 15 is 0 Å². The fraction of sp³-hybridized carbons (Fsp3) is 0.350. The van der Waals surface area contributed by atoms with E-state index in [-0.39, 0.29) is 18.0 Å². The Balaban J connectivity index is 1.90. The number of benzene rings is 2. The van der Waals surface area contributed by atoms with Crippen molar-refractivity contribution in [3.05, 3.63) is 71.8 Å². The Kier molecular flexibility index (Phi) is 4.69. The Morgan fingerprint density at radius 3 is 2.14 bits per heavy atom. The minimum Gasteiger partial charge on any atom is -0.302 e. The molecule has 0 bridgehead atoms. The van der Waals surface area contributed by atoms with E-state index in [9.17, 15) is 4.79 Å². The number of piperidine rings is 1. The highest BCUT2D eigenvalue weighted by Gasteiger charge is 2.36. The first-order valence-corrected chi connectivity index (χ1v) is 8.18. The molecule has 114 valence electrons. The molecule has 1 N–H and O–H groups in total. The van der Waals surface area contributed by atoms with Crippen molar-refractivity contribution in [1.82, 2.24) is 5.32 Å². The number of hydrogen-bond acceptors (Lipinski definition) is 2. The Bertz CT molecular complexity index is 608. The molecule has 0 amide bonds. The number of rotatable bonds is 4. The number of ketones is 1. The second kappa shape index (κ2) is 6.89. The van der Waals surface area contributed by atoms with Gasteiger partial charge in [0.1, 0.15) is 5.78 Å². The fourth-order valence-electron chi connectivity index (χ4n) is 3.46. The predicted molar refractivity (Wildman–Crippen MR) is 89.5 cm³/mol. The molecule has 0 radical (unpaired) electrons. The van der Waals surface area contributed by atoms with Gasteiger partial charge in [0.15, 0.2) is 0 Å². The van der Waals surface area contributed by atoms with Crippen LogP contribution in [-0.4, -0.2) is 5.78 Å². The molecule has 3 atom stereocenters. The standard InChI is InChI=1S/C20H23NO/c1-2-9-17-19(22)14-18(15-10-5-3-6-11-15)21-20(17)16-12-7-4-8-13-16/h3-8,10-13,17-18,20-21H,2,9,14H2,1H3/t17-,18-,20-/m0/s1. The van der Waals surface area contributed by atoms with Crippen LogP contribution in [0.3, 0.4) is 0 Å². The van der Waals surface area contributed by atoms with Gasteiger partial charge >= 0.3 is 0 Å². The second-order valence-corrected chi connectivity index (χ2v) is 6.08. The highest BCUT2D eigenvalue weighted by molar-refractivity contribution is 5.83. The Morgan fingerprint density at radius 2 is 1.55 bits per heavy atom. The highest BCUT2D eigenvalue weighted by atomic mass is 16.1. The third-order valence-corrected chi connectivity index (χ3v) is 4.56. The average molecular weight is 293 g/mol. The number of carbonyl (C=O) groups excluding carboxylic acids is 1. The van der Waals surface area contributed by atoms with Crippen LogP contribution in [0.15, 0.2) is 60.7 Å². The third kappa shape index (κ3) is 3.12. The Morgan fingerprint density at radius 1 is 0.955 bits per heavy atom. The third-order valence-electron chi connectivity index (χ3n) is 4.56. The summed E-state index contributed by atoms with van der Waals surface area (Å²) < 4.78 is 0. The van der Waals surface area contributed by atoms with Gasteiger partial charge in [0, 0.05) is 24.4 Å². The van der Waals surface area contributed by atoms with Crippen molar-refractivity contribution in [3.63, 3.8) is 0 Å². The molecule has 2 nitrogen and oxygen atoms in total. The van der Waals surface area contributed by atoms with Crippen LogP contribution in [0.25, 0.3) is 0 Å². The molecular weight excluding hydrogens is 270 g/mol. The predicted octanol–water partition coefficient (Wildman–Crippen LogP) is 4.45. The lowest BCUT2D eigenvalue weighted by Crippen LogP contribution is -2.42. The average Bonchev–Trinajstić information content (AvgIpc) is 2.58. The Labute approximate surface area is 132 Å². The van der Waals surface area contributed by atoms with Crippen LogP contribution >= 0.6 is 0 Å². The zero-order valence-electron chi connectivity index (χ0n) is 13.0. The molecule has 0 unspecified atom stereocenters. The molecule has 0 spiro atoms. The summed E-state index contributed by atoms with van der Waals surface area (Å²) in [6.07, 6.45) is 2.59. The molecule has 2 heteroatoms. The van der Waals surface area contributed by atoms with Crippen LogP contribution < -0.4 is 5.32 Å². The first-order chi connectivity index (χ1) is 10.8. The molecule has 22 heavy (non-hydrogen) atoms. The molecule has 2 aromatic carbocycles. The van der Waals surface area contributed by atoms with Crippen molar-refractivity contribution in [3.8, 4) is 0 Å². The first kappa shape index (κ1) is 15.0. The zero-order chi connectivity index (χ0) is 15.4. The maximum atomic E-state index is 12.7. The van der Waals surface area contributed by atoms with Gasteiger partial charge < -0.3 is 5.32 Å². The molecule has 0 aliphatic carbocycles. The quantitative estimate of drug-likeness (QED) is 0.902. The minimum absolute atomic E-state index is 0.0902. The lowest BCUT2D eigenvalue weighted by molar-refractivity contribution is -0.127. The summed E-state index contributed by atoms with van der Waals surface area (Å²) in [6, 6.07) is 20.9. The van der Waals surface area contributed by atoms with Crippen LogP contribution in [0.4, 0.5) is 0 Å². The van der Waals surface area contributed by atoms with Crippen LogP contribution in [0.2, 0.25) is 0 Å². The van der Waals surface area contributed by atoms with Crippen molar-refractivity contribution in [2.45, 2.75) is 38.3 Å². The summed E-state index contributed by atoms with van der Waals surface area (Å²) >= 11 is 0. The monoisotopic (exact) mass is 293 g/mol. The van der Waals surface area contributed by atoms with Crippen LogP contribution in [0.5, 0.6) is 0 Å². The number of hydrogen-bond donors (Lipinski definition) is 1. The topological polar surface area (TPSA) is 29.1 Å². The van der Waals surface area contributed by atoms with Crippen molar-refractivity contribution in [2.75, 3.05) is 0 Å². The maximum Gasteiger partial charge on any atom is 0.139 e. The molecule has 1 saturated heterocycles. The van der Waals surface area contributed by atoms with E-state index in [2.05, 4.69) is 48.6 Å². The molecule has 0 saturated carbocycles. The first-order valence-electron chi connectivity index (χ1n) is 8.18. The van der Waals surface area contributed by atoms with Gasteiger partial charge in [0.2, 0.25) is 0 Å². The van der Waals surface area contributed by atoms with E-state index in [1.807, 2.05) is 24.3 Å². The van der Waals surface area contributed by atoms with Gasteiger partial charge in [-0.3, -0.25) is 4.79 Å². The molecule has 2 aromatic rings. The fourth-order valence-corrected chi connectivity index (χ4v) is 3.46. The summed E-state index contributed by atoms with van der Waals surface area (Å²) in [5.74, 6) is 0.482. The van der Waals surface area contributed by atoms with E-state index in [4.69, 9.17) is 0 Å². The lowest BCUT2D eigenvalue weighted by Gasteiger charge is -2.37. The van der Waals surface area contributed by atoms with Gasteiger partial charge in [-0.05, 0) is 17.5 Å². The summed E-state index contributed by atoms with van der Waals surface area (Å²) in [5, 5.41) is 3.73. The molecule has 3 rings (SSSR count). The van der Waals surface area contributed by atoms with E-state index in [1.54, 1.807) is 0 Å². The molecule has 1 aliphatic heterocycles. The maximum absolute atomic E-state index is 12.7.